The van der Waals surface area contributed by atoms with Gasteiger partial charge in [0.25, 0.3) is 5.91 Å². The molecule has 4 aliphatic rings. The summed E-state index contributed by atoms with van der Waals surface area (Å²) in [7, 11) is -3.34. The fourth-order valence-corrected chi connectivity index (χ4v) is 8.86. The average Bonchev–Trinajstić information content (AvgIpc) is 3.76. The van der Waals surface area contributed by atoms with Crippen molar-refractivity contribution in [2.75, 3.05) is 45.5 Å². The van der Waals surface area contributed by atoms with E-state index >= 15 is 0 Å². The van der Waals surface area contributed by atoms with Crippen LogP contribution in [0.3, 0.4) is 0 Å². The van der Waals surface area contributed by atoms with Gasteiger partial charge in [0.05, 0.1) is 11.4 Å². The molecule has 1 saturated carbocycles. The van der Waals surface area contributed by atoms with Crippen molar-refractivity contribution in [3.8, 4) is 0 Å². The molecule has 2 aromatic carbocycles. The number of halogens is 1. The Balaban J connectivity index is 0.00000433. The minimum absolute atomic E-state index is 0. The first-order valence-corrected chi connectivity index (χ1v) is 18.8. The number of hydrogen-bond donors (Lipinski definition) is 0. The van der Waals surface area contributed by atoms with Gasteiger partial charge < -0.3 is 14.7 Å². The minimum Gasteiger partial charge on any atom is -0.341 e. The maximum Gasteiger partial charge on any atom is 0.327 e. The van der Waals surface area contributed by atoms with Crippen molar-refractivity contribution in [2.45, 2.75) is 75.3 Å². The number of imide groups is 1. The number of amides is 4. The molecule has 6 rings (SSSR count). The van der Waals surface area contributed by atoms with Crippen LogP contribution in [0.2, 0.25) is 0 Å². The number of likely N-dealkylation sites (tertiary alicyclic amines) is 2. The molecule has 3 heterocycles. The Kier molecular flexibility index (Phi) is 10.7. The number of benzene rings is 2. The molecule has 3 saturated heterocycles. The van der Waals surface area contributed by atoms with E-state index in [4.69, 9.17) is 0 Å². The highest BCUT2D eigenvalue weighted by Crippen LogP contribution is 2.41. The standard InChI is InChI=1S/C36H48N4O5S.ClH/c1-26(2)21-40-35(43)39(22-27-13-15-31(16-14-27)46(3,44)45)34(42)36(40)17-19-37(20-18-36)23-30-24-38(33(41)29-11-7-8-12-29)25-32(30)28-9-5-4-6-10-28;/h4-6,9-10,13-16,26,29-30,32H,7-8,11-12,17-25H2,1-3H3;1H/t30-,32+;/m0./s1. The second-order valence-electron chi connectivity index (χ2n) is 14.4. The third-order valence-electron chi connectivity index (χ3n) is 10.7. The molecule has 1 spiro atoms. The van der Waals surface area contributed by atoms with Crippen molar-refractivity contribution in [2.24, 2.45) is 17.8 Å². The normalized spacial score (nSPS) is 23.7. The van der Waals surface area contributed by atoms with E-state index in [1.807, 2.05) is 11.0 Å². The Bertz CT molecular complexity index is 1540. The van der Waals surface area contributed by atoms with Crippen molar-refractivity contribution >= 4 is 40.1 Å². The van der Waals surface area contributed by atoms with Crippen LogP contribution in [0.15, 0.2) is 59.5 Å². The van der Waals surface area contributed by atoms with Crippen molar-refractivity contribution < 1.29 is 22.8 Å². The number of urea groups is 1. The summed E-state index contributed by atoms with van der Waals surface area (Å²) in [4.78, 5) is 49.4. The predicted molar refractivity (Wildman–Crippen MR) is 184 cm³/mol. The van der Waals surface area contributed by atoms with Crippen molar-refractivity contribution in [3.05, 3.63) is 65.7 Å². The average molecular weight is 685 g/mol. The van der Waals surface area contributed by atoms with Gasteiger partial charge in [-0.3, -0.25) is 14.5 Å². The molecule has 0 aromatic heterocycles. The van der Waals surface area contributed by atoms with Gasteiger partial charge in [0, 0.05) is 57.4 Å². The van der Waals surface area contributed by atoms with Crippen molar-refractivity contribution in [3.63, 3.8) is 0 Å². The number of rotatable bonds is 9. The van der Waals surface area contributed by atoms with Crippen LogP contribution in [0.1, 0.15) is 69.4 Å². The van der Waals surface area contributed by atoms with Crippen LogP contribution in [0.25, 0.3) is 0 Å². The Labute approximate surface area is 286 Å². The Morgan fingerprint density at radius 2 is 1.57 bits per heavy atom. The molecule has 2 atom stereocenters. The van der Waals surface area contributed by atoms with E-state index < -0.39 is 15.4 Å². The first-order chi connectivity index (χ1) is 22.0. The monoisotopic (exact) mass is 684 g/mol. The van der Waals surface area contributed by atoms with Gasteiger partial charge in [-0.15, -0.1) is 12.4 Å². The van der Waals surface area contributed by atoms with Gasteiger partial charge in [0.1, 0.15) is 5.54 Å². The summed E-state index contributed by atoms with van der Waals surface area (Å²) < 4.78 is 23.8. The minimum atomic E-state index is -3.34. The highest BCUT2D eigenvalue weighted by Gasteiger charge is 2.58. The molecule has 4 amide bonds. The smallest absolute Gasteiger partial charge is 0.327 e. The number of carbonyl (C=O) groups is 3. The van der Waals surface area contributed by atoms with Crippen LogP contribution in [0.5, 0.6) is 0 Å². The third-order valence-corrected chi connectivity index (χ3v) is 11.9. The summed E-state index contributed by atoms with van der Waals surface area (Å²) >= 11 is 0. The van der Waals surface area contributed by atoms with Crippen LogP contribution < -0.4 is 0 Å². The van der Waals surface area contributed by atoms with Crippen LogP contribution in [-0.4, -0.2) is 96.9 Å². The summed E-state index contributed by atoms with van der Waals surface area (Å²) in [6.45, 7) is 8.55. The Hall–Kier alpha value is -2.95. The molecule has 256 valence electrons. The lowest BCUT2D eigenvalue weighted by Gasteiger charge is -2.43. The highest BCUT2D eigenvalue weighted by atomic mass is 35.5. The zero-order valence-corrected chi connectivity index (χ0v) is 29.5. The fourth-order valence-electron chi connectivity index (χ4n) is 8.23. The number of piperidine rings is 1. The zero-order chi connectivity index (χ0) is 32.6. The van der Waals surface area contributed by atoms with E-state index in [0.717, 1.165) is 57.1 Å². The molecule has 0 unspecified atom stereocenters. The SMILES string of the molecule is CC(C)CN1C(=O)N(Cc2ccc(S(C)(=O)=O)cc2)C(=O)C12CCN(C[C@H]1CN(C(=O)C3CCCC3)C[C@@H]1c1ccccc1)CC2.Cl. The second kappa shape index (κ2) is 14.3. The molecule has 3 aliphatic heterocycles. The molecular weight excluding hydrogens is 636 g/mol. The molecule has 11 heteroatoms. The molecule has 47 heavy (non-hydrogen) atoms. The highest BCUT2D eigenvalue weighted by molar-refractivity contribution is 7.90. The lowest BCUT2D eigenvalue weighted by atomic mass is 9.83. The van der Waals surface area contributed by atoms with Crippen LogP contribution in [0, 0.1) is 17.8 Å². The fraction of sp³-hybridized carbons (Fsp3) is 0.583. The van der Waals surface area contributed by atoms with Crippen LogP contribution >= 0.6 is 12.4 Å². The maximum absolute atomic E-state index is 14.2. The van der Waals surface area contributed by atoms with E-state index in [0.29, 0.717) is 44.3 Å². The molecule has 1 aliphatic carbocycles. The van der Waals surface area contributed by atoms with Gasteiger partial charge in [-0.25, -0.2) is 13.2 Å². The van der Waals surface area contributed by atoms with Gasteiger partial charge in [-0.1, -0.05) is 69.2 Å². The Morgan fingerprint density at radius 1 is 0.936 bits per heavy atom. The van der Waals surface area contributed by atoms with E-state index in [9.17, 15) is 22.8 Å². The summed E-state index contributed by atoms with van der Waals surface area (Å²) in [5.74, 6) is 1.13. The number of nitrogens with zero attached hydrogens (tertiary/aromatic N) is 4. The maximum atomic E-state index is 14.2. The summed E-state index contributed by atoms with van der Waals surface area (Å²) in [6, 6.07) is 16.7. The van der Waals surface area contributed by atoms with Gasteiger partial charge in [0.2, 0.25) is 5.91 Å². The van der Waals surface area contributed by atoms with Crippen LogP contribution in [-0.2, 0) is 26.0 Å². The summed E-state index contributed by atoms with van der Waals surface area (Å²) in [5, 5.41) is 0. The van der Waals surface area contributed by atoms with Crippen LogP contribution in [0.4, 0.5) is 4.79 Å². The van der Waals surface area contributed by atoms with Gasteiger partial charge >= 0.3 is 6.03 Å². The quantitative estimate of drug-likeness (QED) is 0.337. The summed E-state index contributed by atoms with van der Waals surface area (Å²) in [6.07, 6.45) is 6.61. The largest absolute Gasteiger partial charge is 0.341 e. The van der Waals surface area contributed by atoms with Gasteiger partial charge in [-0.05, 0) is 60.8 Å². The molecule has 2 aromatic rings. The number of sulfone groups is 1. The number of hydrogen-bond acceptors (Lipinski definition) is 6. The van der Waals surface area contributed by atoms with Gasteiger partial charge in [-0.2, -0.15) is 0 Å². The molecular formula is C36H49ClN4O5S. The van der Waals surface area contributed by atoms with E-state index in [1.165, 1.54) is 22.6 Å². The molecule has 0 bridgehead atoms. The predicted octanol–water partition coefficient (Wildman–Crippen LogP) is 5.20. The second-order valence-corrected chi connectivity index (χ2v) is 16.4. The lowest BCUT2D eigenvalue weighted by Crippen LogP contribution is -2.57. The van der Waals surface area contributed by atoms with Gasteiger partial charge in [0.15, 0.2) is 9.84 Å². The Morgan fingerprint density at radius 3 is 2.17 bits per heavy atom. The van der Waals surface area contributed by atoms with E-state index in [-0.39, 0.29) is 53.5 Å². The lowest BCUT2D eigenvalue weighted by molar-refractivity contribution is -0.136. The molecule has 0 N–H and O–H groups in total. The molecule has 0 radical (unpaired) electrons. The molecule has 9 nitrogen and oxygen atoms in total. The van der Waals surface area contributed by atoms with Crippen molar-refractivity contribution in [1.29, 1.82) is 0 Å². The van der Waals surface area contributed by atoms with E-state index in [2.05, 4.69) is 47.9 Å². The third kappa shape index (κ3) is 7.25. The van der Waals surface area contributed by atoms with Crippen molar-refractivity contribution in [1.82, 2.24) is 19.6 Å². The summed E-state index contributed by atoms with van der Waals surface area (Å²) in [5.41, 5.74) is 1.13. The molecule has 4 fully saturated rings. The van der Waals surface area contributed by atoms with E-state index in [1.54, 1.807) is 12.1 Å². The number of carbonyl (C=O) groups excluding carboxylic acids is 3. The topological polar surface area (TPSA) is 98.3 Å². The first kappa shape index (κ1) is 35.4. The zero-order valence-electron chi connectivity index (χ0n) is 27.8. The first-order valence-electron chi connectivity index (χ1n) is 16.9.